The van der Waals surface area contributed by atoms with Crippen molar-refractivity contribution in [2.75, 3.05) is 13.2 Å². The molecule has 0 aliphatic rings. The Bertz CT molecular complexity index is 394. The smallest absolute Gasteiger partial charge is 0.305 e. The molecule has 0 aliphatic heterocycles. The first-order valence-corrected chi connectivity index (χ1v) is 7.78. The standard InChI is InChI=1S/C17H27NO3/c1-3-16(19)15(13-14-9-6-5-7-10-14)18-12-8-11-17(20)21-4-2/h5-7,9-10,15-16,18-19H,3-4,8,11-13H2,1-2H3. The van der Waals surface area contributed by atoms with Gasteiger partial charge in [0.15, 0.2) is 0 Å². The molecular weight excluding hydrogens is 266 g/mol. The number of benzene rings is 1. The topological polar surface area (TPSA) is 58.6 Å². The fraction of sp³-hybridized carbons (Fsp3) is 0.588. The highest BCUT2D eigenvalue weighted by Crippen LogP contribution is 2.08. The Labute approximate surface area is 127 Å². The molecule has 0 amide bonds. The van der Waals surface area contributed by atoms with E-state index >= 15 is 0 Å². The van der Waals surface area contributed by atoms with Crippen molar-refractivity contribution in [2.45, 2.75) is 51.7 Å². The van der Waals surface area contributed by atoms with Gasteiger partial charge in [0, 0.05) is 12.5 Å². The SMILES string of the molecule is CCOC(=O)CCCNC(Cc1ccccc1)C(O)CC. The molecule has 0 aliphatic carbocycles. The molecule has 4 heteroatoms. The molecule has 0 saturated carbocycles. The molecule has 1 aromatic rings. The first-order valence-electron chi connectivity index (χ1n) is 7.78. The predicted octanol–water partition coefficient (Wildman–Crippen LogP) is 2.30. The van der Waals surface area contributed by atoms with E-state index in [0.29, 0.717) is 26.0 Å². The van der Waals surface area contributed by atoms with Crippen LogP contribution in [0.15, 0.2) is 30.3 Å². The van der Waals surface area contributed by atoms with Gasteiger partial charge in [-0.25, -0.2) is 0 Å². The molecule has 0 heterocycles. The monoisotopic (exact) mass is 293 g/mol. The van der Waals surface area contributed by atoms with Crippen LogP contribution in [0.4, 0.5) is 0 Å². The molecule has 1 rings (SSSR count). The molecule has 0 bridgehead atoms. The Morgan fingerprint density at radius 1 is 1.29 bits per heavy atom. The van der Waals surface area contributed by atoms with Crippen molar-refractivity contribution >= 4 is 5.97 Å². The van der Waals surface area contributed by atoms with E-state index in [9.17, 15) is 9.90 Å². The maximum Gasteiger partial charge on any atom is 0.305 e. The van der Waals surface area contributed by atoms with Gasteiger partial charge in [0.25, 0.3) is 0 Å². The molecule has 2 N–H and O–H groups in total. The fourth-order valence-corrected chi connectivity index (χ4v) is 2.25. The second kappa shape index (κ2) is 10.4. The summed E-state index contributed by atoms with van der Waals surface area (Å²) in [6, 6.07) is 10.1. The Morgan fingerprint density at radius 2 is 2.00 bits per heavy atom. The fourth-order valence-electron chi connectivity index (χ4n) is 2.25. The molecule has 0 radical (unpaired) electrons. The largest absolute Gasteiger partial charge is 0.466 e. The summed E-state index contributed by atoms with van der Waals surface area (Å²) in [6.45, 7) is 4.91. The van der Waals surface area contributed by atoms with Gasteiger partial charge in [0.1, 0.15) is 0 Å². The zero-order chi connectivity index (χ0) is 15.5. The molecule has 4 nitrogen and oxygen atoms in total. The lowest BCUT2D eigenvalue weighted by molar-refractivity contribution is -0.143. The summed E-state index contributed by atoms with van der Waals surface area (Å²) in [5, 5.41) is 13.5. The van der Waals surface area contributed by atoms with E-state index in [1.807, 2.05) is 32.0 Å². The van der Waals surface area contributed by atoms with E-state index in [-0.39, 0.29) is 18.1 Å². The van der Waals surface area contributed by atoms with E-state index in [0.717, 1.165) is 12.8 Å². The van der Waals surface area contributed by atoms with Crippen LogP contribution < -0.4 is 5.32 Å². The zero-order valence-electron chi connectivity index (χ0n) is 13.0. The lowest BCUT2D eigenvalue weighted by Crippen LogP contribution is -2.41. The number of ether oxygens (including phenoxy) is 1. The van der Waals surface area contributed by atoms with E-state index in [2.05, 4.69) is 17.4 Å². The van der Waals surface area contributed by atoms with E-state index in [1.54, 1.807) is 0 Å². The van der Waals surface area contributed by atoms with Crippen molar-refractivity contribution < 1.29 is 14.6 Å². The van der Waals surface area contributed by atoms with Crippen molar-refractivity contribution in [1.29, 1.82) is 0 Å². The number of aliphatic hydroxyl groups excluding tert-OH is 1. The van der Waals surface area contributed by atoms with Gasteiger partial charge in [-0.1, -0.05) is 37.3 Å². The number of rotatable bonds is 10. The van der Waals surface area contributed by atoms with Crippen LogP contribution in [0.2, 0.25) is 0 Å². The summed E-state index contributed by atoms with van der Waals surface area (Å²) in [5.74, 6) is -0.157. The lowest BCUT2D eigenvalue weighted by Gasteiger charge is -2.23. The first-order chi connectivity index (χ1) is 10.2. The van der Waals surface area contributed by atoms with Crippen LogP contribution in [0.1, 0.15) is 38.7 Å². The minimum Gasteiger partial charge on any atom is -0.466 e. The van der Waals surface area contributed by atoms with E-state index < -0.39 is 0 Å². The summed E-state index contributed by atoms with van der Waals surface area (Å²) in [6.07, 6.45) is 2.26. The second-order valence-electron chi connectivity index (χ2n) is 5.13. The molecule has 0 spiro atoms. The maximum atomic E-state index is 11.3. The van der Waals surface area contributed by atoms with Crippen LogP contribution >= 0.6 is 0 Å². The van der Waals surface area contributed by atoms with E-state index in [4.69, 9.17) is 4.74 Å². The third-order valence-electron chi connectivity index (χ3n) is 3.45. The average molecular weight is 293 g/mol. The molecule has 118 valence electrons. The van der Waals surface area contributed by atoms with Gasteiger partial charge in [-0.3, -0.25) is 4.79 Å². The third-order valence-corrected chi connectivity index (χ3v) is 3.45. The molecule has 0 saturated heterocycles. The Balaban J connectivity index is 2.38. The number of aliphatic hydroxyl groups is 1. The van der Waals surface area contributed by atoms with Crippen LogP contribution in [0.3, 0.4) is 0 Å². The molecule has 0 fully saturated rings. The number of hydrogen-bond donors (Lipinski definition) is 2. The molecule has 0 aromatic heterocycles. The minimum atomic E-state index is -0.382. The third kappa shape index (κ3) is 7.25. The van der Waals surface area contributed by atoms with Crippen molar-refractivity contribution in [2.24, 2.45) is 0 Å². The summed E-state index contributed by atoms with van der Waals surface area (Å²) in [7, 11) is 0. The number of nitrogens with one attached hydrogen (secondary N) is 1. The molecule has 21 heavy (non-hydrogen) atoms. The number of carbonyl (C=O) groups is 1. The average Bonchev–Trinajstić information content (AvgIpc) is 2.51. The molecule has 2 atom stereocenters. The zero-order valence-corrected chi connectivity index (χ0v) is 13.0. The van der Waals surface area contributed by atoms with Gasteiger partial charge >= 0.3 is 5.97 Å². The van der Waals surface area contributed by atoms with Gasteiger partial charge in [-0.2, -0.15) is 0 Å². The highest BCUT2D eigenvalue weighted by Gasteiger charge is 2.17. The number of carbonyl (C=O) groups excluding carboxylic acids is 1. The minimum absolute atomic E-state index is 0.0135. The highest BCUT2D eigenvalue weighted by molar-refractivity contribution is 5.69. The van der Waals surface area contributed by atoms with Gasteiger partial charge in [-0.15, -0.1) is 0 Å². The van der Waals surface area contributed by atoms with Crippen LogP contribution in [0.5, 0.6) is 0 Å². The van der Waals surface area contributed by atoms with Gasteiger partial charge in [0.05, 0.1) is 12.7 Å². The van der Waals surface area contributed by atoms with Gasteiger partial charge in [-0.05, 0) is 38.3 Å². The van der Waals surface area contributed by atoms with E-state index in [1.165, 1.54) is 5.56 Å². The Kier molecular flexibility index (Phi) is 8.71. The normalized spacial score (nSPS) is 13.7. The molecular formula is C17H27NO3. The number of esters is 1. The first kappa shape index (κ1) is 17.7. The molecule has 1 aromatic carbocycles. The highest BCUT2D eigenvalue weighted by atomic mass is 16.5. The second-order valence-corrected chi connectivity index (χ2v) is 5.13. The van der Waals surface area contributed by atoms with Gasteiger partial charge < -0.3 is 15.2 Å². The quantitative estimate of drug-likeness (QED) is 0.513. The van der Waals surface area contributed by atoms with Crippen LogP contribution in [0, 0.1) is 0 Å². The number of hydrogen-bond acceptors (Lipinski definition) is 4. The van der Waals surface area contributed by atoms with Crippen LogP contribution in [0.25, 0.3) is 0 Å². The van der Waals surface area contributed by atoms with Crippen molar-refractivity contribution in [3.05, 3.63) is 35.9 Å². The van der Waals surface area contributed by atoms with Crippen LogP contribution in [-0.2, 0) is 16.0 Å². The van der Waals surface area contributed by atoms with Crippen molar-refractivity contribution in [1.82, 2.24) is 5.32 Å². The lowest BCUT2D eigenvalue weighted by atomic mass is 9.99. The van der Waals surface area contributed by atoms with Crippen molar-refractivity contribution in [3.8, 4) is 0 Å². The maximum absolute atomic E-state index is 11.3. The van der Waals surface area contributed by atoms with Crippen molar-refractivity contribution in [3.63, 3.8) is 0 Å². The Hall–Kier alpha value is -1.39. The summed E-state index contributed by atoms with van der Waals surface area (Å²) in [5.41, 5.74) is 1.20. The predicted molar refractivity (Wildman–Crippen MR) is 84.1 cm³/mol. The summed E-state index contributed by atoms with van der Waals surface area (Å²) >= 11 is 0. The van der Waals surface area contributed by atoms with Gasteiger partial charge in [0.2, 0.25) is 0 Å². The Morgan fingerprint density at radius 3 is 2.62 bits per heavy atom. The molecule has 2 unspecified atom stereocenters. The summed E-state index contributed by atoms with van der Waals surface area (Å²) < 4.78 is 4.90. The van der Waals surface area contributed by atoms with Crippen LogP contribution in [-0.4, -0.2) is 36.4 Å². The summed E-state index contributed by atoms with van der Waals surface area (Å²) in [4.78, 5) is 11.3.